The molecule has 2 rings (SSSR count). The van der Waals surface area contributed by atoms with Crippen LogP contribution in [0.5, 0.6) is 5.75 Å². The minimum atomic E-state index is 0.452. The fourth-order valence-corrected chi connectivity index (χ4v) is 2.49. The zero-order chi connectivity index (χ0) is 13.1. The molecule has 2 aromatic rings. The van der Waals surface area contributed by atoms with E-state index in [-0.39, 0.29) is 0 Å². The van der Waals surface area contributed by atoms with E-state index in [1.165, 1.54) is 5.54 Å². The quantitative estimate of drug-likeness (QED) is 0.812. The lowest BCUT2D eigenvalue weighted by Crippen LogP contribution is -1.97. The van der Waals surface area contributed by atoms with E-state index in [0.717, 1.165) is 32.4 Å². The molecule has 94 valence electrons. The first-order chi connectivity index (χ1) is 8.61. The van der Waals surface area contributed by atoms with Crippen LogP contribution < -0.4 is 4.74 Å². The van der Waals surface area contributed by atoms with Crippen LogP contribution in [0.4, 0.5) is 0 Å². The van der Waals surface area contributed by atoms with Crippen molar-refractivity contribution >= 4 is 38.4 Å². The third-order valence-corrected chi connectivity index (χ3v) is 3.22. The molecule has 0 N–H and O–H groups in total. The average molecular weight is 327 g/mol. The first-order valence-corrected chi connectivity index (χ1v) is 6.80. The van der Waals surface area contributed by atoms with Crippen LogP contribution in [0.2, 0.25) is 0 Å². The summed E-state index contributed by atoms with van der Waals surface area (Å²) in [7, 11) is 0. The minimum Gasteiger partial charge on any atom is -0.489 e. The van der Waals surface area contributed by atoms with E-state index in [2.05, 4.69) is 27.0 Å². The van der Waals surface area contributed by atoms with Crippen molar-refractivity contribution in [2.75, 3.05) is 6.61 Å². The van der Waals surface area contributed by atoms with Crippen molar-refractivity contribution in [2.24, 2.45) is 0 Å². The Bertz CT molecular complexity index is 610. The SMILES string of the molecule is Cc1cc(OC/C=C/Cl)c2cc(Br)cc(C)c2n1. The molecule has 0 amide bonds. The third kappa shape index (κ3) is 2.85. The second-order valence-corrected chi connectivity index (χ2v) is 5.22. The van der Waals surface area contributed by atoms with Gasteiger partial charge in [-0.05, 0) is 37.6 Å². The largest absolute Gasteiger partial charge is 0.489 e. The molecule has 1 heterocycles. The Morgan fingerprint density at radius 2 is 2.11 bits per heavy atom. The molecule has 0 radical (unpaired) electrons. The van der Waals surface area contributed by atoms with Gasteiger partial charge in [-0.25, -0.2) is 0 Å². The van der Waals surface area contributed by atoms with Crippen LogP contribution in [0.15, 0.2) is 34.3 Å². The van der Waals surface area contributed by atoms with Crippen LogP contribution in [0.1, 0.15) is 11.3 Å². The van der Waals surface area contributed by atoms with E-state index in [1.807, 2.05) is 26.0 Å². The number of pyridine rings is 1. The summed E-state index contributed by atoms with van der Waals surface area (Å²) < 4.78 is 6.74. The number of nitrogens with zero attached hydrogens (tertiary/aromatic N) is 1. The highest BCUT2D eigenvalue weighted by atomic mass is 79.9. The number of benzene rings is 1. The number of hydrogen-bond acceptors (Lipinski definition) is 2. The van der Waals surface area contributed by atoms with Crippen molar-refractivity contribution in [1.29, 1.82) is 0 Å². The van der Waals surface area contributed by atoms with Gasteiger partial charge in [0.05, 0.1) is 5.52 Å². The smallest absolute Gasteiger partial charge is 0.131 e. The third-order valence-electron chi connectivity index (χ3n) is 2.58. The van der Waals surface area contributed by atoms with E-state index >= 15 is 0 Å². The molecule has 1 aromatic heterocycles. The van der Waals surface area contributed by atoms with Gasteiger partial charge in [-0.15, -0.1) is 0 Å². The minimum absolute atomic E-state index is 0.452. The van der Waals surface area contributed by atoms with Crippen LogP contribution in [0.3, 0.4) is 0 Å². The number of halogens is 2. The Hall–Kier alpha value is -1.06. The maximum absolute atomic E-state index is 5.72. The van der Waals surface area contributed by atoms with E-state index in [4.69, 9.17) is 16.3 Å². The Kier molecular flexibility index (Phi) is 4.25. The van der Waals surface area contributed by atoms with Gasteiger partial charge in [-0.2, -0.15) is 0 Å². The van der Waals surface area contributed by atoms with Crippen molar-refractivity contribution in [3.05, 3.63) is 45.5 Å². The highest BCUT2D eigenvalue weighted by Crippen LogP contribution is 2.30. The highest BCUT2D eigenvalue weighted by molar-refractivity contribution is 9.10. The molecular weight excluding hydrogens is 314 g/mol. The second kappa shape index (κ2) is 5.72. The number of ether oxygens (including phenoxy) is 1. The standard InChI is InChI=1S/C14H13BrClNO/c1-9-6-11(15)8-12-13(18-5-3-4-16)7-10(2)17-14(9)12/h3-4,6-8H,5H2,1-2H3/b4-3+. The molecule has 0 fully saturated rings. The van der Waals surface area contributed by atoms with Gasteiger partial charge in [0.1, 0.15) is 12.4 Å². The molecule has 0 saturated heterocycles. The molecule has 2 nitrogen and oxygen atoms in total. The average Bonchev–Trinajstić information content (AvgIpc) is 2.31. The summed E-state index contributed by atoms with van der Waals surface area (Å²) in [5.41, 5.74) is 4.50. The van der Waals surface area contributed by atoms with Crippen molar-refractivity contribution in [3.63, 3.8) is 0 Å². The van der Waals surface area contributed by atoms with Crippen LogP contribution in [0, 0.1) is 13.8 Å². The van der Waals surface area contributed by atoms with Crippen LogP contribution in [-0.2, 0) is 0 Å². The Labute approximate surface area is 120 Å². The number of fused-ring (bicyclic) bond motifs is 1. The van der Waals surface area contributed by atoms with E-state index in [0.29, 0.717) is 6.61 Å². The molecule has 0 atom stereocenters. The molecule has 0 aliphatic heterocycles. The Balaban J connectivity index is 2.56. The topological polar surface area (TPSA) is 22.1 Å². The van der Waals surface area contributed by atoms with E-state index in [1.54, 1.807) is 6.08 Å². The van der Waals surface area contributed by atoms with Gasteiger partial charge in [0.25, 0.3) is 0 Å². The van der Waals surface area contributed by atoms with Gasteiger partial charge < -0.3 is 4.74 Å². The maximum atomic E-state index is 5.72. The summed E-state index contributed by atoms with van der Waals surface area (Å²) in [6, 6.07) is 6.02. The fraction of sp³-hybridized carbons (Fsp3) is 0.214. The van der Waals surface area contributed by atoms with Crippen LogP contribution in [0.25, 0.3) is 10.9 Å². The lowest BCUT2D eigenvalue weighted by molar-refractivity contribution is 0.367. The monoisotopic (exact) mass is 325 g/mol. The number of aryl methyl sites for hydroxylation is 2. The fourth-order valence-electron chi connectivity index (χ4n) is 1.84. The lowest BCUT2D eigenvalue weighted by Gasteiger charge is -2.10. The first-order valence-electron chi connectivity index (χ1n) is 5.57. The summed E-state index contributed by atoms with van der Waals surface area (Å²) in [4.78, 5) is 4.56. The molecule has 1 aromatic carbocycles. The van der Waals surface area contributed by atoms with Gasteiger partial charge in [-0.1, -0.05) is 27.5 Å². The molecule has 0 saturated carbocycles. The molecule has 0 spiro atoms. The molecule has 0 unspecified atom stereocenters. The lowest BCUT2D eigenvalue weighted by atomic mass is 10.1. The summed E-state index contributed by atoms with van der Waals surface area (Å²) >= 11 is 8.99. The zero-order valence-electron chi connectivity index (χ0n) is 10.2. The second-order valence-electron chi connectivity index (χ2n) is 4.05. The summed E-state index contributed by atoms with van der Waals surface area (Å²) in [5.74, 6) is 0.830. The maximum Gasteiger partial charge on any atom is 0.131 e. The van der Waals surface area contributed by atoms with Gasteiger partial charge in [-0.3, -0.25) is 4.98 Å². The molecule has 0 aliphatic rings. The van der Waals surface area contributed by atoms with E-state index < -0.39 is 0 Å². The summed E-state index contributed by atoms with van der Waals surface area (Å²) in [6.45, 7) is 4.46. The summed E-state index contributed by atoms with van der Waals surface area (Å²) in [6.07, 6.45) is 1.76. The molecule has 18 heavy (non-hydrogen) atoms. The summed E-state index contributed by atoms with van der Waals surface area (Å²) in [5, 5.41) is 1.01. The Morgan fingerprint density at radius 3 is 2.83 bits per heavy atom. The van der Waals surface area contributed by atoms with Crippen molar-refractivity contribution in [3.8, 4) is 5.75 Å². The van der Waals surface area contributed by atoms with Crippen LogP contribution >= 0.6 is 27.5 Å². The normalized spacial score (nSPS) is 11.3. The van der Waals surface area contributed by atoms with E-state index in [9.17, 15) is 0 Å². The van der Waals surface area contributed by atoms with Crippen molar-refractivity contribution in [1.82, 2.24) is 4.98 Å². The predicted octanol–water partition coefficient (Wildman–Crippen LogP) is 4.75. The number of rotatable bonds is 3. The van der Waals surface area contributed by atoms with Crippen LogP contribution in [-0.4, -0.2) is 11.6 Å². The van der Waals surface area contributed by atoms with Crippen molar-refractivity contribution in [2.45, 2.75) is 13.8 Å². The highest BCUT2D eigenvalue weighted by Gasteiger charge is 2.08. The van der Waals surface area contributed by atoms with Gasteiger partial charge >= 0.3 is 0 Å². The molecule has 4 heteroatoms. The number of hydrogen-bond donors (Lipinski definition) is 0. The van der Waals surface area contributed by atoms with Gasteiger partial charge in [0.2, 0.25) is 0 Å². The van der Waals surface area contributed by atoms with Gasteiger partial charge in [0, 0.05) is 27.2 Å². The van der Waals surface area contributed by atoms with Crippen molar-refractivity contribution < 1.29 is 4.74 Å². The molecule has 0 bridgehead atoms. The zero-order valence-corrected chi connectivity index (χ0v) is 12.5. The molecular formula is C14H13BrClNO. The Morgan fingerprint density at radius 1 is 1.33 bits per heavy atom. The predicted molar refractivity (Wildman–Crippen MR) is 79.4 cm³/mol. The molecule has 0 aliphatic carbocycles. The van der Waals surface area contributed by atoms with Gasteiger partial charge in [0.15, 0.2) is 0 Å². The number of aromatic nitrogens is 1. The first kappa shape index (κ1) is 13.4.